The molecular weight excluding hydrogens is 480 g/mol. The van der Waals surface area contributed by atoms with Gasteiger partial charge in [0.15, 0.2) is 11.6 Å². The molecular formula is C28H30N8O2. The Kier molecular flexibility index (Phi) is 6.47. The van der Waals surface area contributed by atoms with Crippen LogP contribution in [0.3, 0.4) is 0 Å². The maximum absolute atomic E-state index is 13.3. The maximum atomic E-state index is 13.3. The first kappa shape index (κ1) is 24.1. The minimum Gasteiger partial charge on any atom is -0.493 e. The summed E-state index contributed by atoms with van der Waals surface area (Å²) in [5, 5.41) is 14.6. The van der Waals surface area contributed by atoms with Gasteiger partial charge in [-0.05, 0) is 56.3 Å². The highest BCUT2D eigenvalue weighted by Gasteiger charge is 2.39. The number of nitrogens with zero attached hydrogens (tertiary/aromatic N) is 5. The Morgan fingerprint density at radius 2 is 1.92 bits per heavy atom. The van der Waals surface area contributed by atoms with E-state index in [-0.39, 0.29) is 11.9 Å². The normalized spacial score (nSPS) is 18.7. The minimum atomic E-state index is -0.439. The Morgan fingerprint density at radius 3 is 2.76 bits per heavy atom. The Labute approximate surface area is 220 Å². The van der Waals surface area contributed by atoms with Crippen LogP contribution in [0, 0.1) is 0 Å². The van der Waals surface area contributed by atoms with E-state index in [1.54, 1.807) is 24.8 Å². The molecule has 4 aromatic rings. The van der Waals surface area contributed by atoms with Gasteiger partial charge in [-0.1, -0.05) is 6.07 Å². The van der Waals surface area contributed by atoms with Crippen LogP contribution < -0.4 is 15.4 Å². The van der Waals surface area contributed by atoms with E-state index in [0.717, 1.165) is 54.3 Å². The molecule has 1 aromatic carbocycles. The molecule has 1 unspecified atom stereocenters. The van der Waals surface area contributed by atoms with Crippen molar-refractivity contribution in [2.24, 2.45) is 0 Å². The van der Waals surface area contributed by atoms with Crippen molar-refractivity contribution < 1.29 is 9.53 Å². The molecule has 0 radical (unpaired) electrons. The summed E-state index contributed by atoms with van der Waals surface area (Å²) in [6.07, 6.45) is 9.32. The van der Waals surface area contributed by atoms with E-state index in [9.17, 15) is 4.79 Å². The number of aromatic nitrogens is 5. The van der Waals surface area contributed by atoms with Crippen LogP contribution in [-0.4, -0.2) is 62.7 Å². The van der Waals surface area contributed by atoms with E-state index in [2.05, 4.69) is 42.7 Å². The molecule has 3 N–H and O–H groups in total. The molecule has 3 aromatic heterocycles. The molecule has 5 heterocycles. The number of hydrogen-bond acceptors (Lipinski definition) is 8. The largest absolute Gasteiger partial charge is 0.493 e. The topological polar surface area (TPSA) is 121 Å². The Morgan fingerprint density at radius 1 is 1.11 bits per heavy atom. The van der Waals surface area contributed by atoms with Crippen molar-refractivity contribution in [2.75, 3.05) is 32.1 Å². The van der Waals surface area contributed by atoms with Gasteiger partial charge in [0.05, 0.1) is 18.2 Å². The highest BCUT2D eigenvalue weighted by molar-refractivity contribution is 5.95. The van der Waals surface area contributed by atoms with Gasteiger partial charge in [0.1, 0.15) is 5.75 Å². The van der Waals surface area contributed by atoms with Gasteiger partial charge >= 0.3 is 0 Å². The summed E-state index contributed by atoms with van der Waals surface area (Å²) in [4.78, 5) is 28.8. The van der Waals surface area contributed by atoms with E-state index in [1.807, 2.05) is 42.5 Å². The van der Waals surface area contributed by atoms with Crippen molar-refractivity contribution in [1.82, 2.24) is 35.4 Å². The van der Waals surface area contributed by atoms with E-state index < -0.39 is 5.54 Å². The third-order valence-corrected chi connectivity index (χ3v) is 7.38. The van der Waals surface area contributed by atoms with Crippen molar-refractivity contribution >= 4 is 11.6 Å². The van der Waals surface area contributed by atoms with Crippen molar-refractivity contribution in [2.45, 2.75) is 30.8 Å². The number of likely N-dealkylation sites (tertiary alicyclic amines) is 1. The molecule has 10 nitrogen and oxygen atoms in total. The molecule has 0 aliphatic carbocycles. The van der Waals surface area contributed by atoms with Crippen molar-refractivity contribution in [1.29, 1.82) is 0 Å². The second-order valence-corrected chi connectivity index (χ2v) is 9.91. The number of hydrogen-bond donors (Lipinski definition) is 3. The number of ether oxygens (including phenoxy) is 1. The standard InChI is InChI=1S/C28H30N8O2/c1-36-14-9-28(10-15-36,27-32-25(34-35-27)19-5-11-29-12-6-19)33-21-4-2-3-20(17-21)26(37)31-23-8-16-38-24-7-13-30-18-22(23)24/h2-7,11-13,17-18,23,33H,8-10,14-16H2,1H3,(H,31,37)(H,32,34,35). The van der Waals surface area contributed by atoms with Crippen LogP contribution in [0.15, 0.2) is 67.3 Å². The molecule has 1 saturated heterocycles. The fourth-order valence-electron chi connectivity index (χ4n) is 5.16. The van der Waals surface area contributed by atoms with Gasteiger partial charge in [-0.25, -0.2) is 4.98 Å². The number of pyridine rings is 2. The Bertz CT molecular complexity index is 1420. The third kappa shape index (κ3) is 4.82. The van der Waals surface area contributed by atoms with Crippen molar-refractivity contribution in [3.05, 3.63) is 84.2 Å². The van der Waals surface area contributed by atoms with Crippen molar-refractivity contribution in [3.8, 4) is 17.1 Å². The molecule has 0 bridgehead atoms. The number of aromatic amines is 1. The predicted octanol–water partition coefficient (Wildman–Crippen LogP) is 3.55. The fourth-order valence-corrected chi connectivity index (χ4v) is 5.16. The first-order valence-corrected chi connectivity index (χ1v) is 12.9. The fraction of sp³-hybridized carbons (Fsp3) is 0.321. The Hall–Kier alpha value is -4.31. The SMILES string of the molecule is CN1CCC(Nc2cccc(C(=O)NC3CCOc4ccncc43)c2)(c2nc(-c3ccncc3)n[nH]2)CC1. The van der Waals surface area contributed by atoms with E-state index in [0.29, 0.717) is 24.4 Å². The van der Waals surface area contributed by atoms with E-state index in [1.165, 1.54) is 0 Å². The Balaban J connectivity index is 1.24. The number of rotatable bonds is 6. The van der Waals surface area contributed by atoms with Gasteiger partial charge in [0, 0.05) is 66.7 Å². The zero-order chi connectivity index (χ0) is 26.0. The van der Waals surface area contributed by atoms with Crippen LogP contribution >= 0.6 is 0 Å². The second-order valence-electron chi connectivity index (χ2n) is 9.91. The third-order valence-electron chi connectivity index (χ3n) is 7.38. The first-order valence-electron chi connectivity index (χ1n) is 12.9. The highest BCUT2D eigenvalue weighted by Crippen LogP contribution is 2.36. The number of nitrogens with one attached hydrogen (secondary N) is 3. The predicted molar refractivity (Wildman–Crippen MR) is 143 cm³/mol. The summed E-state index contributed by atoms with van der Waals surface area (Å²) in [6, 6.07) is 13.1. The quantitative estimate of drug-likeness (QED) is 0.360. The molecule has 1 fully saturated rings. The summed E-state index contributed by atoms with van der Waals surface area (Å²) in [7, 11) is 2.13. The second kappa shape index (κ2) is 10.2. The summed E-state index contributed by atoms with van der Waals surface area (Å²) < 4.78 is 5.71. The average molecular weight is 511 g/mol. The number of amides is 1. The highest BCUT2D eigenvalue weighted by atomic mass is 16.5. The first-order chi connectivity index (χ1) is 18.6. The van der Waals surface area contributed by atoms with Gasteiger partial charge < -0.3 is 20.3 Å². The van der Waals surface area contributed by atoms with Gasteiger partial charge in [-0.15, -0.1) is 0 Å². The molecule has 2 aliphatic heterocycles. The minimum absolute atomic E-state index is 0.132. The monoisotopic (exact) mass is 510 g/mol. The summed E-state index contributed by atoms with van der Waals surface area (Å²) in [6.45, 7) is 2.38. The number of fused-ring (bicyclic) bond motifs is 1. The number of piperidine rings is 1. The van der Waals surface area contributed by atoms with Gasteiger partial charge in [-0.3, -0.25) is 19.9 Å². The van der Waals surface area contributed by atoms with E-state index >= 15 is 0 Å². The van der Waals surface area contributed by atoms with Crippen LogP contribution in [0.5, 0.6) is 5.75 Å². The lowest BCUT2D eigenvalue weighted by molar-refractivity contribution is 0.0924. The lowest BCUT2D eigenvalue weighted by Crippen LogP contribution is -2.46. The maximum Gasteiger partial charge on any atom is 0.251 e. The lowest BCUT2D eigenvalue weighted by atomic mass is 9.86. The smallest absolute Gasteiger partial charge is 0.251 e. The number of H-pyrrole nitrogens is 1. The van der Waals surface area contributed by atoms with Crippen LogP contribution in [0.1, 0.15) is 47.1 Å². The van der Waals surface area contributed by atoms with Crippen LogP contribution in [0.4, 0.5) is 5.69 Å². The molecule has 1 amide bonds. The van der Waals surface area contributed by atoms with Gasteiger partial charge in [0.25, 0.3) is 5.91 Å². The zero-order valence-corrected chi connectivity index (χ0v) is 21.2. The molecule has 38 heavy (non-hydrogen) atoms. The van der Waals surface area contributed by atoms with Crippen LogP contribution in [0.2, 0.25) is 0 Å². The van der Waals surface area contributed by atoms with Crippen LogP contribution in [-0.2, 0) is 5.54 Å². The molecule has 6 rings (SSSR count). The summed E-state index contributed by atoms with van der Waals surface area (Å²) >= 11 is 0. The molecule has 1 atom stereocenters. The molecule has 0 saturated carbocycles. The lowest BCUT2D eigenvalue weighted by Gasteiger charge is -2.40. The van der Waals surface area contributed by atoms with E-state index in [4.69, 9.17) is 9.72 Å². The molecule has 194 valence electrons. The molecule has 0 spiro atoms. The summed E-state index contributed by atoms with van der Waals surface area (Å²) in [5.41, 5.74) is 2.82. The summed E-state index contributed by atoms with van der Waals surface area (Å²) in [5.74, 6) is 2.07. The number of benzene rings is 1. The number of carbonyl (C=O) groups excluding carboxylic acids is 1. The molecule has 2 aliphatic rings. The van der Waals surface area contributed by atoms with Crippen molar-refractivity contribution in [3.63, 3.8) is 0 Å². The number of carbonyl (C=O) groups is 1. The molecule has 10 heteroatoms. The number of anilines is 1. The average Bonchev–Trinajstić information content (AvgIpc) is 3.47. The van der Waals surface area contributed by atoms with Gasteiger partial charge in [0.2, 0.25) is 0 Å². The van der Waals surface area contributed by atoms with Gasteiger partial charge in [-0.2, -0.15) is 5.10 Å². The van der Waals surface area contributed by atoms with Crippen LogP contribution in [0.25, 0.3) is 11.4 Å². The zero-order valence-electron chi connectivity index (χ0n) is 21.2.